The van der Waals surface area contributed by atoms with Crippen LogP contribution in [-0.4, -0.2) is 70.8 Å². The van der Waals surface area contributed by atoms with Gasteiger partial charge in [0.2, 0.25) is 0 Å². The van der Waals surface area contributed by atoms with Crippen LogP contribution in [-0.2, 0) is 23.8 Å². The summed E-state index contributed by atoms with van der Waals surface area (Å²) in [5.41, 5.74) is -1.19. The summed E-state index contributed by atoms with van der Waals surface area (Å²) in [5.74, 6) is -1.56. The molecule has 37 heavy (non-hydrogen) atoms. The van der Waals surface area contributed by atoms with Crippen LogP contribution in [0.25, 0.3) is 0 Å². The lowest BCUT2D eigenvalue weighted by atomic mass is 10.2. The molecule has 0 radical (unpaired) electrons. The Morgan fingerprint density at radius 1 is 0.811 bits per heavy atom. The number of carboxylic acid groups (broad SMARTS) is 1. The quantitative estimate of drug-likeness (QED) is 0.131. The Morgan fingerprint density at radius 2 is 1.22 bits per heavy atom. The molecule has 0 heterocycles. The number of allylic oxidation sites excluding steroid dienone is 2. The van der Waals surface area contributed by atoms with E-state index in [2.05, 4.69) is 23.8 Å². The molecule has 0 rings (SSSR count). The van der Waals surface area contributed by atoms with Gasteiger partial charge in [0.05, 0.1) is 6.61 Å². The van der Waals surface area contributed by atoms with Crippen molar-refractivity contribution in [2.75, 3.05) is 13.2 Å². The minimum absolute atomic E-state index is 0.284. The fraction of sp³-hybridized carbons (Fsp3) is 0.692. The third kappa shape index (κ3) is 30.9. The van der Waals surface area contributed by atoms with E-state index in [0.717, 1.165) is 25.7 Å². The smallest absolute Gasteiger partial charge is 0.408 e. The van der Waals surface area contributed by atoms with Gasteiger partial charge in [-0.3, -0.25) is 4.79 Å². The first-order valence-electron chi connectivity index (χ1n) is 12.1. The van der Waals surface area contributed by atoms with Gasteiger partial charge < -0.3 is 35.1 Å². The maximum atomic E-state index is 11.5. The standard InChI is InChI=1S/C13H23NO4.C8H15NO4.C5H10O/c1-6-7-8-9-17-11(15)10(2)14-12(16)18-13(3,4)5;1-5(6(10)11)9-7(12)13-8(2,3)4;1-2-3-4-5-6/h6,10H,1,7-9H2,2-5H3,(H,14,16);5H,1-4H3,(H,9,12)(H,10,11);2,6H,1,3-5H2/t10-;5-;/m00./s1. The normalized spacial score (nSPS) is 12.0. The van der Waals surface area contributed by atoms with Crippen molar-refractivity contribution in [2.24, 2.45) is 0 Å². The predicted molar refractivity (Wildman–Crippen MR) is 142 cm³/mol. The monoisotopic (exact) mass is 532 g/mol. The van der Waals surface area contributed by atoms with Gasteiger partial charge in [0.1, 0.15) is 23.3 Å². The van der Waals surface area contributed by atoms with Gasteiger partial charge >= 0.3 is 24.1 Å². The molecule has 0 bridgehead atoms. The van der Waals surface area contributed by atoms with Crippen molar-refractivity contribution >= 4 is 24.1 Å². The number of rotatable bonds is 11. The lowest BCUT2D eigenvalue weighted by Crippen LogP contribution is -2.42. The van der Waals surface area contributed by atoms with E-state index in [1.165, 1.54) is 6.92 Å². The van der Waals surface area contributed by atoms with E-state index >= 15 is 0 Å². The molecule has 0 aliphatic carbocycles. The highest BCUT2D eigenvalue weighted by atomic mass is 16.6. The highest BCUT2D eigenvalue weighted by Crippen LogP contribution is 2.07. The second kappa shape index (κ2) is 21.0. The molecule has 2 atom stereocenters. The van der Waals surface area contributed by atoms with Crippen molar-refractivity contribution in [3.63, 3.8) is 0 Å². The van der Waals surface area contributed by atoms with Gasteiger partial charge in [-0.25, -0.2) is 14.4 Å². The van der Waals surface area contributed by atoms with Crippen molar-refractivity contribution in [1.29, 1.82) is 0 Å². The SMILES string of the molecule is C=CCCCO.C=CCCCOC(=O)[C@H](C)NC(=O)OC(C)(C)C.C[C@H](NC(=O)OC(C)(C)C)C(=O)O. The first kappa shape index (κ1) is 38.5. The number of carbonyl (C=O) groups is 4. The number of aliphatic hydroxyl groups excluding tert-OH is 1. The number of hydrogen-bond acceptors (Lipinski definition) is 8. The van der Waals surface area contributed by atoms with E-state index in [9.17, 15) is 19.2 Å². The summed E-state index contributed by atoms with van der Waals surface area (Å²) in [5, 5.41) is 21.2. The first-order chi connectivity index (χ1) is 16.9. The minimum atomic E-state index is -1.09. The van der Waals surface area contributed by atoms with Crippen LogP contribution < -0.4 is 10.6 Å². The Kier molecular flexibility index (Phi) is 21.9. The molecule has 0 aromatic carbocycles. The molecule has 0 spiro atoms. The van der Waals surface area contributed by atoms with Crippen LogP contribution in [0, 0.1) is 0 Å². The van der Waals surface area contributed by atoms with E-state index in [1.54, 1.807) is 60.6 Å². The maximum absolute atomic E-state index is 11.5. The highest BCUT2D eigenvalue weighted by Gasteiger charge is 2.22. The van der Waals surface area contributed by atoms with E-state index < -0.39 is 47.4 Å². The van der Waals surface area contributed by atoms with E-state index in [4.69, 9.17) is 24.4 Å². The van der Waals surface area contributed by atoms with Crippen molar-refractivity contribution in [3.05, 3.63) is 25.3 Å². The molecule has 11 nitrogen and oxygen atoms in total. The van der Waals surface area contributed by atoms with E-state index in [1.807, 2.05) is 0 Å². The molecular weight excluding hydrogens is 484 g/mol. The topological polar surface area (TPSA) is 160 Å². The first-order valence-corrected chi connectivity index (χ1v) is 12.1. The summed E-state index contributed by atoms with van der Waals surface area (Å²) in [6, 6.07) is -1.65. The molecule has 216 valence electrons. The van der Waals surface area contributed by atoms with Crippen molar-refractivity contribution < 1.29 is 43.6 Å². The molecule has 0 fully saturated rings. The fourth-order valence-corrected chi connectivity index (χ4v) is 1.85. The van der Waals surface area contributed by atoms with Crippen molar-refractivity contribution in [1.82, 2.24) is 10.6 Å². The maximum Gasteiger partial charge on any atom is 0.408 e. The number of amides is 2. The third-order valence-corrected chi connectivity index (χ3v) is 3.55. The molecule has 0 aromatic rings. The van der Waals surface area contributed by atoms with Crippen LogP contribution >= 0.6 is 0 Å². The number of aliphatic hydroxyl groups is 1. The van der Waals surface area contributed by atoms with Crippen LogP contribution in [0.15, 0.2) is 25.3 Å². The summed E-state index contributed by atoms with van der Waals surface area (Å²) >= 11 is 0. The van der Waals surface area contributed by atoms with E-state index in [0.29, 0.717) is 6.61 Å². The molecule has 2 amide bonds. The zero-order valence-corrected chi connectivity index (χ0v) is 23.7. The number of carboxylic acids is 1. The van der Waals surface area contributed by atoms with Gasteiger partial charge in [0.15, 0.2) is 0 Å². The minimum Gasteiger partial charge on any atom is -0.480 e. The van der Waals surface area contributed by atoms with Crippen molar-refractivity contribution in [3.8, 4) is 0 Å². The molecule has 0 unspecified atom stereocenters. The summed E-state index contributed by atoms with van der Waals surface area (Å²) in [7, 11) is 0. The van der Waals surface area contributed by atoms with Crippen LogP contribution in [0.2, 0.25) is 0 Å². The number of ether oxygens (including phenoxy) is 3. The zero-order chi connectivity index (χ0) is 29.7. The number of esters is 1. The summed E-state index contributed by atoms with van der Waals surface area (Å²) in [4.78, 5) is 44.2. The zero-order valence-electron chi connectivity index (χ0n) is 23.7. The molecule has 11 heteroatoms. The lowest BCUT2D eigenvalue weighted by molar-refractivity contribution is -0.145. The van der Waals surface area contributed by atoms with Crippen LogP contribution in [0.1, 0.15) is 81.1 Å². The molecule has 4 N–H and O–H groups in total. The molecule has 0 saturated carbocycles. The average molecular weight is 533 g/mol. The van der Waals surface area contributed by atoms with Crippen LogP contribution in [0.4, 0.5) is 9.59 Å². The van der Waals surface area contributed by atoms with Crippen molar-refractivity contribution in [2.45, 2.75) is 104 Å². The molecule has 0 saturated heterocycles. The van der Waals surface area contributed by atoms with Crippen LogP contribution in [0.5, 0.6) is 0 Å². The largest absolute Gasteiger partial charge is 0.480 e. The van der Waals surface area contributed by atoms with Gasteiger partial charge in [0, 0.05) is 6.61 Å². The number of hydrogen-bond donors (Lipinski definition) is 4. The number of alkyl carbamates (subject to hydrolysis) is 2. The molecule has 0 aliphatic rings. The second-order valence-corrected chi connectivity index (χ2v) is 9.83. The van der Waals surface area contributed by atoms with Gasteiger partial charge in [-0.15, -0.1) is 13.2 Å². The number of carbonyl (C=O) groups excluding carboxylic acids is 3. The predicted octanol–water partition coefficient (Wildman–Crippen LogP) is 4.34. The lowest BCUT2D eigenvalue weighted by Gasteiger charge is -2.21. The van der Waals surface area contributed by atoms with Gasteiger partial charge in [0.25, 0.3) is 0 Å². The Hall–Kier alpha value is -3.08. The molecular formula is C26H48N2O9. The fourth-order valence-electron chi connectivity index (χ4n) is 1.85. The Morgan fingerprint density at radius 3 is 1.54 bits per heavy atom. The van der Waals surface area contributed by atoms with Gasteiger partial charge in [-0.2, -0.15) is 0 Å². The Labute approximate surface area is 221 Å². The number of unbranched alkanes of at least 4 members (excludes halogenated alkanes) is 2. The Bertz CT molecular complexity index is 695. The van der Waals surface area contributed by atoms with Gasteiger partial charge in [-0.05, 0) is 81.1 Å². The number of aliphatic carboxylic acids is 1. The number of nitrogens with one attached hydrogen (secondary N) is 2. The van der Waals surface area contributed by atoms with Crippen LogP contribution in [0.3, 0.4) is 0 Å². The Balaban J connectivity index is -0.000000529. The summed E-state index contributed by atoms with van der Waals surface area (Å²) < 4.78 is 14.9. The molecule has 0 aliphatic heterocycles. The molecule has 0 aromatic heterocycles. The second-order valence-electron chi connectivity index (χ2n) is 9.83. The average Bonchev–Trinajstić information content (AvgIpc) is 2.73. The summed E-state index contributed by atoms with van der Waals surface area (Å²) in [6.45, 7) is 21.0. The highest BCUT2D eigenvalue weighted by molar-refractivity contribution is 5.81. The third-order valence-electron chi connectivity index (χ3n) is 3.55. The summed E-state index contributed by atoms with van der Waals surface area (Å²) in [6.07, 6.45) is 5.52. The van der Waals surface area contributed by atoms with E-state index in [-0.39, 0.29) is 6.61 Å². The van der Waals surface area contributed by atoms with Gasteiger partial charge in [-0.1, -0.05) is 12.2 Å².